The molecular weight excluding hydrogens is 1090 g/mol. The topological polar surface area (TPSA) is 409 Å². The second-order valence-electron chi connectivity index (χ2n) is 13.1. The van der Waals surface area contributed by atoms with Gasteiger partial charge in [0, 0.05) is 165 Å². The van der Waals surface area contributed by atoms with Crippen LogP contribution in [0.5, 0.6) is 5.75 Å². The summed E-state index contributed by atoms with van der Waals surface area (Å²) in [5.41, 5.74) is -3.05. The monoisotopic (exact) mass is 1120 g/mol. The second kappa shape index (κ2) is 26.6. The third kappa shape index (κ3) is 17.5. The number of nitro groups is 1. The van der Waals surface area contributed by atoms with Crippen molar-refractivity contribution in [1.29, 1.82) is 0 Å². The maximum atomic E-state index is 12.5. The second-order valence-corrected chi connectivity index (χ2v) is 20.1. The van der Waals surface area contributed by atoms with Crippen LogP contribution in [0.25, 0.3) is 22.9 Å². The van der Waals surface area contributed by atoms with E-state index < -0.39 is 103 Å². The molecule has 0 saturated heterocycles. The van der Waals surface area contributed by atoms with Crippen molar-refractivity contribution in [3.05, 3.63) is 124 Å². The van der Waals surface area contributed by atoms with Gasteiger partial charge >= 0.3 is 0 Å². The van der Waals surface area contributed by atoms with Crippen LogP contribution in [-0.4, -0.2) is 223 Å². The van der Waals surface area contributed by atoms with Gasteiger partial charge in [-0.1, -0.05) is 18.2 Å². The predicted molar refractivity (Wildman–Crippen MR) is 257 cm³/mol. The van der Waals surface area contributed by atoms with Crippen molar-refractivity contribution in [1.82, 2.24) is 0 Å². The van der Waals surface area contributed by atoms with Crippen LogP contribution in [-0.2, 0) is 50.6 Å². The maximum Gasteiger partial charge on any atom is 0.296 e. The molecule has 0 bridgehead atoms. The zero-order valence-electron chi connectivity index (χ0n) is 37.2. The first kappa shape index (κ1) is 66.9. The number of nitro benzene ring substituents is 1. The molecule has 71 heavy (non-hydrogen) atoms. The zero-order valence-corrected chi connectivity index (χ0v) is 51.3. The number of aromatic hydroxyl groups is 1. The van der Waals surface area contributed by atoms with Crippen LogP contribution in [0.1, 0.15) is 11.1 Å². The first-order valence-electron chi connectivity index (χ1n) is 17.4. The Morgan fingerprint density at radius 1 is 0.437 bits per heavy atom. The summed E-state index contributed by atoms with van der Waals surface area (Å²) in [5, 5.41) is 44.9. The van der Waals surface area contributed by atoms with Crippen molar-refractivity contribution >= 4 is 261 Å². The first-order valence-corrected chi connectivity index (χ1v) is 24.6. The number of nitrogens with zero attached hydrogens (tertiary/aromatic N) is 7. The molecule has 0 spiro atoms. The summed E-state index contributed by atoms with van der Waals surface area (Å²) < 4.78 is 169. The predicted octanol–water partition coefficient (Wildman–Crippen LogP) is 6.20. The summed E-state index contributed by atoms with van der Waals surface area (Å²) in [4.78, 5) is 6.19. The van der Waals surface area contributed by atoms with Gasteiger partial charge < -0.3 is 5.11 Å². The molecule has 0 saturated carbocycles. The number of fused-ring (bicyclic) bond motifs is 1. The Balaban J connectivity index is 0.00000504. The van der Waals surface area contributed by atoms with Crippen molar-refractivity contribution in [2.45, 2.75) is 24.5 Å². The molecule has 0 heterocycles. The van der Waals surface area contributed by atoms with E-state index in [1.807, 2.05) is 0 Å². The molecule has 0 aliphatic carbocycles. The van der Waals surface area contributed by atoms with Gasteiger partial charge in [0.05, 0.1) is 32.6 Å². The van der Waals surface area contributed by atoms with E-state index in [0.717, 1.165) is 72.8 Å². The average Bonchev–Trinajstić information content (AvgIpc) is 3.22. The minimum atomic E-state index is -5.24. The van der Waals surface area contributed by atoms with E-state index in [1.165, 1.54) is 36.4 Å². The van der Waals surface area contributed by atoms with Gasteiger partial charge in [0.15, 0.2) is 5.75 Å². The molecule has 5 radical (unpaired) electrons. The smallest absolute Gasteiger partial charge is 0.296 e. The van der Waals surface area contributed by atoms with Crippen LogP contribution in [0.2, 0.25) is 0 Å². The van der Waals surface area contributed by atoms with Gasteiger partial charge in [0.1, 0.15) is 31.0 Å². The fraction of sp³-hybridized carbons (Fsp3) is 0. The van der Waals surface area contributed by atoms with Gasteiger partial charge in [-0.3, -0.25) is 32.9 Å². The molecule has 6 N–H and O–H groups in total. The van der Waals surface area contributed by atoms with Gasteiger partial charge in [0.2, 0.25) is 0 Å². The van der Waals surface area contributed by atoms with E-state index in [1.54, 1.807) is 0 Å². The molecule has 35 heteroatoms. The zero-order chi connectivity index (χ0) is 48.6. The van der Waals surface area contributed by atoms with E-state index in [-0.39, 0.29) is 192 Å². The van der Waals surface area contributed by atoms with Crippen molar-refractivity contribution in [2.75, 3.05) is 0 Å². The summed E-state index contributed by atoms with van der Waals surface area (Å²) >= 11 is 0. The summed E-state index contributed by atoms with van der Waals surface area (Å²) in [6.07, 6.45) is 2.03. The Morgan fingerprint density at radius 2 is 0.859 bits per heavy atom. The van der Waals surface area contributed by atoms with E-state index in [4.69, 9.17) is 4.55 Å². The summed E-state index contributed by atoms with van der Waals surface area (Å²) in [6, 6.07) is 17.4. The molecule has 0 fully saturated rings. The fourth-order valence-electron chi connectivity index (χ4n) is 5.69. The third-order valence-corrected chi connectivity index (χ3v) is 13.1. The number of phenols is 1. The van der Waals surface area contributed by atoms with Crippen molar-refractivity contribution in [3.63, 3.8) is 0 Å². The van der Waals surface area contributed by atoms with E-state index in [2.05, 4.69) is 30.7 Å². The van der Waals surface area contributed by atoms with Crippen LogP contribution in [0, 0.1) is 10.1 Å². The van der Waals surface area contributed by atoms with Crippen LogP contribution >= 0.6 is 0 Å². The minimum absolute atomic E-state index is 0. The number of phenolic OH excluding ortho intramolecular Hbond substituents is 1. The molecular formula is C36H25N7Na5O18S5. The van der Waals surface area contributed by atoms with Crippen molar-refractivity contribution < 1.29 is 74.9 Å². The fourth-order valence-corrected chi connectivity index (χ4v) is 8.88. The first-order chi connectivity index (χ1) is 30.6. The molecule has 6 aromatic carbocycles. The van der Waals surface area contributed by atoms with E-state index in [0.29, 0.717) is 6.07 Å². The average molecular weight is 1120 g/mol. The Bertz CT molecular complexity index is 3740. The summed E-state index contributed by atoms with van der Waals surface area (Å²) in [5.74, 6) is -0.898. The Hall–Kier alpha value is -2.13. The van der Waals surface area contributed by atoms with Gasteiger partial charge in [-0.25, -0.2) is 0 Å². The summed E-state index contributed by atoms with van der Waals surface area (Å²) in [7, 11) is -24.8. The van der Waals surface area contributed by atoms with Crippen LogP contribution in [0.15, 0.2) is 158 Å². The van der Waals surface area contributed by atoms with E-state index >= 15 is 0 Å². The van der Waals surface area contributed by atoms with Gasteiger partial charge in [-0.05, 0) is 101 Å². The number of non-ortho nitro benzene ring substituents is 1. The van der Waals surface area contributed by atoms with Crippen LogP contribution in [0.3, 0.4) is 0 Å². The summed E-state index contributed by atoms with van der Waals surface area (Å²) in [6.45, 7) is 0. The van der Waals surface area contributed by atoms with Gasteiger partial charge in [-0.15, -0.1) is 10.2 Å². The number of hydrogen-bond donors (Lipinski definition) is 6. The number of hydrogen-bond acceptors (Lipinski definition) is 19. The Kier molecular flexibility index (Phi) is 25.0. The maximum absolute atomic E-state index is 12.5. The van der Waals surface area contributed by atoms with Crippen molar-refractivity contribution in [2.24, 2.45) is 30.7 Å². The molecule has 6 rings (SSSR count). The molecule has 0 unspecified atom stereocenters. The number of rotatable bonds is 14. The van der Waals surface area contributed by atoms with Crippen LogP contribution in [0.4, 0.5) is 39.8 Å². The van der Waals surface area contributed by atoms with Crippen LogP contribution < -0.4 is 0 Å². The van der Waals surface area contributed by atoms with E-state index in [9.17, 15) is 75.5 Å². The minimum Gasteiger partial charge on any atom is -0.505 e. The Labute approximate surface area is 513 Å². The van der Waals surface area contributed by atoms with Crippen molar-refractivity contribution in [3.8, 4) is 5.75 Å². The molecule has 0 atom stereocenters. The molecule has 25 nitrogen and oxygen atoms in total. The van der Waals surface area contributed by atoms with Gasteiger partial charge in [0.25, 0.3) is 56.3 Å². The molecule has 0 aromatic heterocycles. The normalized spacial score (nSPS) is 12.2. The SMILES string of the molecule is O=[N+]([O-])c1ccc(C=Cc2ccc(N=Nc3ccc4c(O)c(N=Nc5ccc(N=Nc6ccc(S(=O)(=O)O)cc6)cc5S(=O)(=O)O)c(S(=O)(=O)O)cc4c3)cc2S(=O)(=O)O)c(S(=O)(=O)O)c1.[Na].[Na].[Na].[Na].[Na]. The molecule has 6 aromatic rings. The standard InChI is InChI=1S/C36H25N7O18S5.5Na/c44-36-29-13-8-24(38-40-25-5-3-20(31(17-25)63(50,51)52)1-2-21-4-10-27(43(45)46)19-32(21)64(53,54)55)15-22(29)16-34(66(59,60)61)35(36)42-41-30-14-9-26(18-33(30)65(56,57)58)39-37-23-6-11-28(12-7-23)62(47,48)49;;;;;/h1-19,44H,(H,47,48,49)(H,50,51,52)(H,53,54,55)(H,56,57,58)(H,59,60,61);;;;;. The third-order valence-electron chi connectivity index (χ3n) is 8.69. The largest absolute Gasteiger partial charge is 0.505 e. The quantitative estimate of drug-likeness (QED) is 0.0176. The Morgan fingerprint density at radius 3 is 1.35 bits per heavy atom. The number of benzene rings is 6. The van der Waals surface area contributed by atoms with Gasteiger partial charge in [-0.2, -0.15) is 62.5 Å². The molecule has 0 amide bonds. The molecule has 0 aliphatic rings. The molecule has 0 aliphatic heterocycles. The molecule has 347 valence electrons. The number of azo groups is 3.